The number of aromatic nitrogens is 4. The van der Waals surface area contributed by atoms with Crippen molar-refractivity contribution in [3.63, 3.8) is 0 Å². The van der Waals surface area contributed by atoms with Crippen LogP contribution in [0.3, 0.4) is 0 Å². The molecular formula is C10H6IN7O2. The average molecular weight is 383 g/mol. The second-order valence-corrected chi connectivity index (χ2v) is 4.60. The quantitative estimate of drug-likeness (QED) is 0.355. The zero-order chi connectivity index (χ0) is 14.5. The van der Waals surface area contributed by atoms with Gasteiger partial charge in [-0.15, -0.1) is 10.2 Å². The Labute approximate surface area is 126 Å². The van der Waals surface area contributed by atoms with Crippen molar-refractivity contribution in [2.45, 2.75) is 0 Å². The summed E-state index contributed by atoms with van der Waals surface area (Å²) in [4.78, 5) is 10.5. The molecule has 0 aliphatic heterocycles. The van der Waals surface area contributed by atoms with E-state index in [1.165, 1.54) is 12.3 Å². The summed E-state index contributed by atoms with van der Waals surface area (Å²) in [6.45, 7) is 0. The molecule has 0 saturated carbocycles. The molecule has 1 aromatic carbocycles. The first kappa shape index (κ1) is 13.9. The van der Waals surface area contributed by atoms with Crippen molar-refractivity contribution in [3.8, 4) is 6.07 Å². The van der Waals surface area contributed by atoms with Gasteiger partial charge in [0, 0.05) is 15.8 Å². The molecule has 2 rings (SSSR count). The van der Waals surface area contributed by atoms with Gasteiger partial charge in [0.25, 0.3) is 5.69 Å². The van der Waals surface area contributed by atoms with Crippen molar-refractivity contribution in [1.82, 2.24) is 20.6 Å². The smallest absolute Gasteiger partial charge is 0.293 e. The highest BCUT2D eigenvalue weighted by Gasteiger charge is 2.16. The average Bonchev–Trinajstić information content (AvgIpc) is 2.94. The molecule has 100 valence electrons. The highest BCUT2D eigenvalue weighted by atomic mass is 127. The predicted octanol–water partition coefficient (Wildman–Crippen LogP) is 1.69. The molecule has 0 aliphatic carbocycles. The molecule has 0 radical (unpaired) electrons. The minimum atomic E-state index is -0.501. The van der Waals surface area contributed by atoms with Crippen molar-refractivity contribution in [1.29, 1.82) is 5.26 Å². The van der Waals surface area contributed by atoms with Crippen molar-refractivity contribution < 1.29 is 4.92 Å². The van der Waals surface area contributed by atoms with Crippen LogP contribution in [0.15, 0.2) is 24.4 Å². The Balaban J connectivity index is 2.36. The fourth-order valence-electron chi connectivity index (χ4n) is 1.37. The third-order valence-electron chi connectivity index (χ3n) is 2.26. The number of hydrogen-bond acceptors (Lipinski definition) is 7. The Morgan fingerprint density at radius 2 is 2.40 bits per heavy atom. The second kappa shape index (κ2) is 6.06. The maximum absolute atomic E-state index is 11.0. The minimum absolute atomic E-state index is 0.0847. The van der Waals surface area contributed by atoms with Crippen LogP contribution >= 0.6 is 22.6 Å². The number of tetrazole rings is 1. The van der Waals surface area contributed by atoms with E-state index in [0.29, 0.717) is 9.26 Å². The van der Waals surface area contributed by atoms with E-state index in [1.807, 2.05) is 28.7 Å². The van der Waals surface area contributed by atoms with Gasteiger partial charge in [0.05, 0.1) is 4.92 Å². The first-order chi connectivity index (χ1) is 9.63. The summed E-state index contributed by atoms with van der Waals surface area (Å²) in [7, 11) is 0. The van der Waals surface area contributed by atoms with Gasteiger partial charge in [-0.25, -0.2) is 0 Å². The van der Waals surface area contributed by atoms with Crippen LogP contribution in [-0.4, -0.2) is 25.5 Å². The van der Waals surface area contributed by atoms with Gasteiger partial charge in [-0.2, -0.15) is 10.5 Å². The van der Waals surface area contributed by atoms with Crippen LogP contribution in [-0.2, 0) is 0 Å². The Morgan fingerprint density at radius 3 is 3.00 bits per heavy atom. The summed E-state index contributed by atoms with van der Waals surface area (Å²) < 4.78 is 0.651. The zero-order valence-corrected chi connectivity index (χ0v) is 11.9. The lowest BCUT2D eigenvalue weighted by Gasteiger charge is -2.05. The van der Waals surface area contributed by atoms with E-state index < -0.39 is 4.92 Å². The molecule has 10 heteroatoms. The molecule has 0 atom stereocenters. The van der Waals surface area contributed by atoms with E-state index in [4.69, 9.17) is 5.26 Å². The predicted molar refractivity (Wildman–Crippen MR) is 77.2 cm³/mol. The third kappa shape index (κ3) is 2.88. The number of aromatic amines is 1. The number of rotatable bonds is 4. The molecule has 0 fully saturated rings. The van der Waals surface area contributed by atoms with E-state index in [0.717, 1.165) is 0 Å². The maximum atomic E-state index is 11.0. The third-order valence-corrected chi connectivity index (χ3v) is 3.15. The summed E-state index contributed by atoms with van der Waals surface area (Å²) >= 11 is 1.96. The molecule has 0 bridgehead atoms. The molecule has 0 aliphatic rings. The number of nitrogens with zero attached hydrogens (tertiary/aromatic N) is 5. The lowest BCUT2D eigenvalue weighted by Crippen LogP contribution is -1.99. The van der Waals surface area contributed by atoms with Crippen LogP contribution in [0.25, 0.3) is 5.57 Å². The molecule has 0 saturated heterocycles. The van der Waals surface area contributed by atoms with E-state index in [-0.39, 0.29) is 17.1 Å². The van der Waals surface area contributed by atoms with Gasteiger partial charge in [-0.3, -0.25) is 10.1 Å². The highest BCUT2D eigenvalue weighted by Crippen LogP contribution is 2.29. The number of allylic oxidation sites excluding steroid dienone is 1. The SMILES string of the molecule is N#CC(=CNc1c(I)cccc1[N+](=O)[O-])c1nn[nH]n1. The van der Waals surface area contributed by atoms with Gasteiger partial charge < -0.3 is 5.32 Å². The Morgan fingerprint density at radius 1 is 1.60 bits per heavy atom. The van der Waals surface area contributed by atoms with Crippen molar-refractivity contribution in [2.75, 3.05) is 5.32 Å². The molecular weight excluding hydrogens is 377 g/mol. The molecule has 9 nitrogen and oxygen atoms in total. The molecule has 0 amide bonds. The fraction of sp³-hybridized carbons (Fsp3) is 0. The molecule has 1 heterocycles. The maximum Gasteiger partial charge on any atom is 0.293 e. The molecule has 2 aromatic rings. The number of nitro groups is 1. The fourth-order valence-corrected chi connectivity index (χ4v) is 2.01. The summed E-state index contributed by atoms with van der Waals surface area (Å²) in [5, 5.41) is 35.6. The van der Waals surface area contributed by atoms with E-state index in [9.17, 15) is 10.1 Å². The molecule has 0 spiro atoms. The van der Waals surface area contributed by atoms with Gasteiger partial charge in [0.1, 0.15) is 17.3 Å². The Hall–Kier alpha value is -2.55. The Kier molecular flexibility index (Phi) is 4.20. The number of para-hydroxylation sites is 1. The van der Waals surface area contributed by atoms with E-state index >= 15 is 0 Å². The molecule has 20 heavy (non-hydrogen) atoms. The zero-order valence-electron chi connectivity index (χ0n) is 9.74. The number of H-pyrrole nitrogens is 1. The van der Waals surface area contributed by atoms with Crippen LogP contribution in [0.5, 0.6) is 0 Å². The highest BCUT2D eigenvalue weighted by molar-refractivity contribution is 14.1. The summed E-state index contributed by atoms with van der Waals surface area (Å²) in [6.07, 6.45) is 1.30. The monoisotopic (exact) mass is 383 g/mol. The van der Waals surface area contributed by atoms with E-state index in [2.05, 4.69) is 25.9 Å². The van der Waals surface area contributed by atoms with Crippen LogP contribution in [0.1, 0.15) is 5.82 Å². The van der Waals surface area contributed by atoms with Crippen molar-refractivity contribution in [2.24, 2.45) is 0 Å². The van der Waals surface area contributed by atoms with Gasteiger partial charge in [-0.1, -0.05) is 6.07 Å². The van der Waals surface area contributed by atoms with Gasteiger partial charge in [0.2, 0.25) is 5.82 Å². The topological polar surface area (TPSA) is 133 Å². The number of anilines is 1. The number of nitriles is 1. The summed E-state index contributed by atoms with van der Waals surface area (Å²) in [5.41, 5.74) is 0.320. The minimum Gasteiger partial charge on any atom is -0.354 e. The molecule has 0 unspecified atom stereocenters. The normalized spacial score (nSPS) is 10.9. The number of halogens is 1. The number of hydrogen-bond donors (Lipinski definition) is 2. The van der Waals surface area contributed by atoms with Crippen LogP contribution in [0.2, 0.25) is 0 Å². The largest absolute Gasteiger partial charge is 0.354 e. The van der Waals surface area contributed by atoms with E-state index in [1.54, 1.807) is 12.1 Å². The number of benzene rings is 1. The second-order valence-electron chi connectivity index (χ2n) is 3.44. The van der Waals surface area contributed by atoms with Crippen molar-refractivity contribution in [3.05, 3.63) is 43.9 Å². The van der Waals surface area contributed by atoms with Crippen molar-refractivity contribution >= 4 is 39.5 Å². The van der Waals surface area contributed by atoms with Crippen LogP contribution in [0, 0.1) is 25.0 Å². The first-order valence-corrected chi connectivity index (χ1v) is 6.25. The lowest BCUT2D eigenvalue weighted by molar-refractivity contribution is -0.384. The standard InChI is InChI=1S/C10H6IN7O2/c11-7-2-1-3-8(18(19)20)9(7)13-5-6(4-12)10-14-16-17-15-10/h1-3,5,13H,(H,14,15,16,17). The van der Waals surface area contributed by atoms with Gasteiger partial charge in [0.15, 0.2) is 0 Å². The Bertz CT molecular complexity index is 705. The van der Waals surface area contributed by atoms with Crippen LogP contribution in [0.4, 0.5) is 11.4 Å². The number of nitro benzene ring substituents is 1. The van der Waals surface area contributed by atoms with Gasteiger partial charge >= 0.3 is 0 Å². The van der Waals surface area contributed by atoms with Crippen LogP contribution < -0.4 is 5.32 Å². The summed E-state index contributed by atoms with van der Waals surface area (Å²) in [6, 6.07) is 6.55. The van der Waals surface area contributed by atoms with Gasteiger partial charge in [-0.05, 0) is 33.9 Å². The first-order valence-electron chi connectivity index (χ1n) is 5.17. The summed E-state index contributed by atoms with van der Waals surface area (Å²) in [5.74, 6) is 0.105. The molecule has 2 N–H and O–H groups in total. The molecule has 1 aromatic heterocycles. The lowest BCUT2D eigenvalue weighted by atomic mass is 10.2. The number of nitrogens with one attached hydrogen (secondary N) is 2.